The molecular weight excluding hydrogens is 367 g/mol. The second-order valence-corrected chi connectivity index (χ2v) is 7.97. The first-order valence-electron chi connectivity index (χ1n) is 10.2. The summed E-state index contributed by atoms with van der Waals surface area (Å²) in [6.45, 7) is 1.70. The standard InChI is InChI=1S/C23H23FN4O/c24-18-9-10-19(21(13-18)27-11-5-2-6-12-27)22(29)23(28-16-25-15-26-28)14-20(23)17-7-3-1-4-8-17/h1,3-4,7-10,13,15-16,20H,2,5-6,11-12,14H2. The molecule has 0 N–H and O–H groups in total. The Morgan fingerprint density at radius 3 is 2.59 bits per heavy atom. The Kier molecular flexibility index (Phi) is 4.42. The SMILES string of the molecule is O=C(c1ccc(F)cc1N1CCCCC1)C1(n2cncn2)CC1c1ccccc1. The summed E-state index contributed by atoms with van der Waals surface area (Å²) in [6, 6.07) is 14.6. The lowest BCUT2D eigenvalue weighted by Gasteiger charge is -2.31. The van der Waals surface area contributed by atoms with E-state index in [9.17, 15) is 9.18 Å². The van der Waals surface area contributed by atoms with Crippen LogP contribution in [-0.2, 0) is 5.54 Å². The Morgan fingerprint density at radius 2 is 1.86 bits per heavy atom. The molecule has 0 bridgehead atoms. The summed E-state index contributed by atoms with van der Waals surface area (Å²) >= 11 is 0. The monoisotopic (exact) mass is 390 g/mol. The second-order valence-electron chi connectivity index (χ2n) is 7.97. The normalized spacial score (nSPS) is 23.8. The van der Waals surface area contributed by atoms with E-state index >= 15 is 0 Å². The van der Waals surface area contributed by atoms with Crippen molar-refractivity contribution >= 4 is 11.5 Å². The fraction of sp³-hybridized carbons (Fsp3) is 0.348. The fourth-order valence-electron chi connectivity index (χ4n) is 4.68. The van der Waals surface area contributed by atoms with Crippen molar-refractivity contribution in [3.63, 3.8) is 0 Å². The number of rotatable bonds is 5. The first-order valence-corrected chi connectivity index (χ1v) is 10.2. The van der Waals surface area contributed by atoms with E-state index in [1.807, 2.05) is 30.3 Å². The third kappa shape index (κ3) is 3.03. The average molecular weight is 390 g/mol. The van der Waals surface area contributed by atoms with Crippen molar-refractivity contribution in [2.45, 2.75) is 37.1 Å². The van der Waals surface area contributed by atoms with Crippen LogP contribution in [0.4, 0.5) is 10.1 Å². The van der Waals surface area contributed by atoms with Crippen LogP contribution >= 0.6 is 0 Å². The fourth-order valence-corrected chi connectivity index (χ4v) is 4.68. The topological polar surface area (TPSA) is 51.0 Å². The molecule has 3 aromatic rings. The van der Waals surface area contributed by atoms with Gasteiger partial charge in [-0.15, -0.1) is 0 Å². The van der Waals surface area contributed by atoms with Gasteiger partial charge in [0.2, 0.25) is 0 Å². The largest absolute Gasteiger partial charge is 0.371 e. The second kappa shape index (κ2) is 7.10. The van der Waals surface area contributed by atoms with Gasteiger partial charge >= 0.3 is 0 Å². The molecule has 1 saturated carbocycles. The first kappa shape index (κ1) is 18.0. The van der Waals surface area contributed by atoms with Crippen LogP contribution in [0.15, 0.2) is 61.2 Å². The maximum Gasteiger partial charge on any atom is 0.193 e. The molecule has 1 aliphatic heterocycles. The van der Waals surface area contributed by atoms with Crippen LogP contribution in [0.3, 0.4) is 0 Å². The number of hydrogen-bond donors (Lipinski definition) is 0. The summed E-state index contributed by atoms with van der Waals surface area (Å²) in [5.41, 5.74) is 1.58. The highest BCUT2D eigenvalue weighted by atomic mass is 19.1. The molecule has 2 unspecified atom stereocenters. The Bertz CT molecular complexity index is 1010. The smallest absolute Gasteiger partial charge is 0.193 e. The van der Waals surface area contributed by atoms with Gasteiger partial charge in [0, 0.05) is 24.6 Å². The number of benzene rings is 2. The van der Waals surface area contributed by atoms with Crippen molar-refractivity contribution in [1.29, 1.82) is 0 Å². The van der Waals surface area contributed by atoms with E-state index in [4.69, 9.17) is 0 Å². The zero-order chi connectivity index (χ0) is 19.8. The van der Waals surface area contributed by atoms with Crippen LogP contribution in [-0.4, -0.2) is 33.6 Å². The number of halogens is 1. The summed E-state index contributed by atoms with van der Waals surface area (Å²) in [5, 5.41) is 4.33. The van der Waals surface area contributed by atoms with Crippen LogP contribution in [0, 0.1) is 5.82 Å². The number of hydrogen-bond acceptors (Lipinski definition) is 4. The Balaban J connectivity index is 1.58. The molecule has 0 radical (unpaired) electrons. The van der Waals surface area contributed by atoms with Crippen molar-refractivity contribution in [1.82, 2.24) is 14.8 Å². The number of nitrogens with zero attached hydrogens (tertiary/aromatic N) is 4. The summed E-state index contributed by atoms with van der Waals surface area (Å²) in [6.07, 6.45) is 7.04. The number of Topliss-reactive ketones (excluding diaryl/α,β-unsaturated/α-hetero) is 1. The number of ketones is 1. The van der Waals surface area contributed by atoms with Crippen LogP contribution in [0.2, 0.25) is 0 Å². The molecule has 5 rings (SSSR count). The van der Waals surface area contributed by atoms with Gasteiger partial charge in [0.15, 0.2) is 5.78 Å². The Morgan fingerprint density at radius 1 is 1.07 bits per heavy atom. The average Bonchev–Trinajstić information content (AvgIpc) is 3.29. The molecule has 29 heavy (non-hydrogen) atoms. The molecule has 1 aliphatic carbocycles. The minimum Gasteiger partial charge on any atom is -0.371 e. The van der Waals surface area contributed by atoms with E-state index < -0.39 is 5.54 Å². The Labute approximate surface area is 169 Å². The molecule has 6 heteroatoms. The van der Waals surface area contributed by atoms with Gasteiger partial charge in [-0.05, 0) is 49.4 Å². The molecule has 148 valence electrons. The number of carbonyl (C=O) groups is 1. The summed E-state index contributed by atoms with van der Waals surface area (Å²) in [4.78, 5) is 20.2. The van der Waals surface area contributed by atoms with Crippen molar-refractivity contribution in [2.24, 2.45) is 0 Å². The summed E-state index contributed by atoms with van der Waals surface area (Å²) < 4.78 is 15.8. The Hall–Kier alpha value is -3.02. The number of piperidine rings is 1. The van der Waals surface area contributed by atoms with E-state index in [0.717, 1.165) is 31.5 Å². The molecule has 5 nitrogen and oxygen atoms in total. The van der Waals surface area contributed by atoms with Gasteiger partial charge in [-0.3, -0.25) is 4.79 Å². The molecule has 2 heterocycles. The molecule has 0 amide bonds. The zero-order valence-electron chi connectivity index (χ0n) is 16.2. The van der Waals surface area contributed by atoms with Gasteiger partial charge in [-0.2, -0.15) is 5.10 Å². The minimum absolute atomic E-state index is 0.0163. The molecule has 2 aromatic carbocycles. The third-order valence-corrected chi connectivity index (χ3v) is 6.26. The van der Waals surface area contributed by atoms with E-state index in [2.05, 4.69) is 15.0 Å². The predicted molar refractivity (Wildman–Crippen MR) is 109 cm³/mol. The number of anilines is 1. The molecule has 0 spiro atoms. The zero-order valence-corrected chi connectivity index (χ0v) is 16.2. The molecule has 2 fully saturated rings. The van der Waals surface area contributed by atoms with Crippen molar-refractivity contribution in [3.05, 3.63) is 78.1 Å². The molecular formula is C23H23FN4O. The van der Waals surface area contributed by atoms with Crippen molar-refractivity contribution in [3.8, 4) is 0 Å². The summed E-state index contributed by atoms with van der Waals surface area (Å²) in [7, 11) is 0. The first-order chi connectivity index (χ1) is 14.2. The molecule has 1 saturated heterocycles. The van der Waals surface area contributed by atoms with Gasteiger partial charge in [0.05, 0.1) is 5.69 Å². The van der Waals surface area contributed by atoms with E-state index in [1.54, 1.807) is 17.1 Å². The lowest BCUT2D eigenvalue weighted by molar-refractivity contribution is 0.0891. The van der Waals surface area contributed by atoms with Crippen LogP contribution in [0.5, 0.6) is 0 Å². The van der Waals surface area contributed by atoms with E-state index in [0.29, 0.717) is 17.7 Å². The maximum atomic E-state index is 14.1. The molecule has 2 atom stereocenters. The van der Waals surface area contributed by atoms with Gasteiger partial charge in [-0.25, -0.2) is 14.1 Å². The lowest BCUT2D eigenvalue weighted by atomic mass is 9.95. The number of aromatic nitrogens is 3. The summed E-state index contributed by atoms with van der Waals surface area (Å²) in [5.74, 6) is -0.304. The maximum absolute atomic E-state index is 14.1. The molecule has 1 aromatic heterocycles. The van der Waals surface area contributed by atoms with Crippen molar-refractivity contribution in [2.75, 3.05) is 18.0 Å². The van der Waals surface area contributed by atoms with E-state index in [-0.39, 0.29) is 17.5 Å². The van der Waals surface area contributed by atoms with Crippen molar-refractivity contribution < 1.29 is 9.18 Å². The lowest BCUT2D eigenvalue weighted by Crippen LogP contribution is -2.35. The van der Waals surface area contributed by atoms with Crippen LogP contribution < -0.4 is 4.90 Å². The molecule has 2 aliphatic rings. The third-order valence-electron chi connectivity index (χ3n) is 6.26. The number of carbonyl (C=O) groups excluding carboxylic acids is 1. The highest BCUT2D eigenvalue weighted by Crippen LogP contribution is 2.59. The van der Waals surface area contributed by atoms with E-state index in [1.165, 1.54) is 24.9 Å². The van der Waals surface area contributed by atoms with Crippen LogP contribution in [0.25, 0.3) is 0 Å². The van der Waals surface area contributed by atoms with Crippen LogP contribution in [0.1, 0.15) is 47.5 Å². The van der Waals surface area contributed by atoms with Gasteiger partial charge in [-0.1, -0.05) is 30.3 Å². The highest BCUT2D eigenvalue weighted by molar-refractivity contribution is 6.08. The van der Waals surface area contributed by atoms with Gasteiger partial charge in [0.1, 0.15) is 24.0 Å². The predicted octanol–water partition coefficient (Wildman–Crippen LogP) is 4.17. The highest BCUT2D eigenvalue weighted by Gasteiger charge is 2.63. The van der Waals surface area contributed by atoms with Gasteiger partial charge < -0.3 is 4.90 Å². The van der Waals surface area contributed by atoms with Gasteiger partial charge in [0.25, 0.3) is 0 Å². The minimum atomic E-state index is -0.805. The quantitative estimate of drug-likeness (QED) is 0.614.